The van der Waals surface area contributed by atoms with Gasteiger partial charge in [0.1, 0.15) is 0 Å². The molecule has 0 aromatic carbocycles. The lowest BCUT2D eigenvalue weighted by molar-refractivity contribution is -0.124. The first-order chi connectivity index (χ1) is 10.0. The number of hydrogen-bond acceptors (Lipinski definition) is 4. The Balaban J connectivity index is 1.73. The molecule has 2 saturated heterocycles. The van der Waals surface area contributed by atoms with E-state index in [4.69, 9.17) is 5.73 Å². The number of hydrogen-bond donors (Lipinski definition) is 2. The molecule has 2 unspecified atom stereocenters. The summed E-state index contributed by atoms with van der Waals surface area (Å²) in [5.74, 6) is -0.225. The zero-order valence-corrected chi connectivity index (χ0v) is 13.7. The van der Waals surface area contributed by atoms with Crippen molar-refractivity contribution in [1.82, 2.24) is 15.1 Å². The van der Waals surface area contributed by atoms with Crippen molar-refractivity contribution in [3.63, 3.8) is 0 Å². The van der Waals surface area contributed by atoms with Crippen molar-refractivity contribution in [1.29, 1.82) is 0 Å². The quantitative estimate of drug-likeness (QED) is 0.695. The molecule has 5 heteroatoms. The van der Waals surface area contributed by atoms with Crippen LogP contribution in [0.2, 0.25) is 0 Å². The molecule has 2 heterocycles. The van der Waals surface area contributed by atoms with Gasteiger partial charge in [-0.2, -0.15) is 0 Å². The predicted molar refractivity (Wildman–Crippen MR) is 86.2 cm³/mol. The molecule has 5 nitrogen and oxygen atoms in total. The van der Waals surface area contributed by atoms with Crippen molar-refractivity contribution in [2.24, 2.45) is 5.73 Å². The number of rotatable bonds is 8. The van der Waals surface area contributed by atoms with Crippen molar-refractivity contribution < 1.29 is 4.79 Å². The lowest BCUT2D eigenvalue weighted by Crippen LogP contribution is -2.54. The minimum Gasteiger partial charge on any atom is -0.368 e. The number of primary amides is 1. The van der Waals surface area contributed by atoms with E-state index >= 15 is 0 Å². The molecular formula is C16H32N4O. The number of piperazine rings is 1. The van der Waals surface area contributed by atoms with Crippen molar-refractivity contribution >= 4 is 5.91 Å². The van der Waals surface area contributed by atoms with Crippen molar-refractivity contribution in [2.45, 2.75) is 57.5 Å². The van der Waals surface area contributed by atoms with E-state index in [0.29, 0.717) is 0 Å². The summed E-state index contributed by atoms with van der Waals surface area (Å²) < 4.78 is 0. The predicted octanol–water partition coefficient (Wildman–Crippen LogP) is 0.790. The molecule has 0 bridgehead atoms. The minimum absolute atomic E-state index is 0.225. The first-order valence-corrected chi connectivity index (χ1v) is 8.56. The molecule has 2 aliphatic rings. The van der Waals surface area contributed by atoms with Gasteiger partial charge in [0.15, 0.2) is 0 Å². The Morgan fingerprint density at radius 1 is 1.38 bits per heavy atom. The molecule has 0 saturated carbocycles. The fraction of sp³-hybridized carbons (Fsp3) is 0.938. The Kier molecular flexibility index (Phi) is 6.02. The third-order valence-electron chi connectivity index (χ3n) is 5.13. The highest BCUT2D eigenvalue weighted by Crippen LogP contribution is 2.22. The van der Waals surface area contributed by atoms with Gasteiger partial charge in [-0.15, -0.1) is 0 Å². The molecule has 0 radical (unpaired) electrons. The highest BCUT2D eigenvalue weighted by molar-refractivity contribution is 5.84. The van der Waals surface area contributed by atoms with Crippen LogP contribution in [0.1, 0.15) is 46.0 Å². The zero-order chi connectivity index (χ0) is 15.3. The SMILES string of the molecule is CCCNC(C)(CCCN1CCN2CCCC2C1)C(N)=O. The van der Waals surface area contributed by atoms with E-state index in [1.807, 2.05) is 6.92 Å². The Morgan fingerprint density at radius 3 is 2.90 bits per heavy atom. The monoisotopic (exact) mass is 296 g/mol. The molecule has 2 atom stereocenters. The average molecular weight is 296 g/mol. The summed E-state index contributed by atoms with van der Waals surface area (Å²) in [6.45, 7) is 10.9. The van der Waals surface area contributed by atoms with Crippen LogP contribution < -0.4 is 11.1 Å². The second kappa shape index (κ2) is 7.56. The Hall–Kier alpha value is -0.650. The summed E-state index contributed by atoms with van der Waals surface area (Å²) in [7, 11) is 0. The topological polar surface area (TPSA) is 61.6 Å². The van der Waals surface area contributed by atoms with E-state index in [-0.39, 0.29) is 5.91 Å². The lowest BCUT2D eigenvalue weighted by Gasteiger charge is -2.38. The molecule has 0 aromatic heterocycles. The zero-order valence-electron chi connectivity index (χ0n) is 13.7. The summed E-state index contributed by atoms with van der Waals surface area (Å²) in [6, 6.07) is 0.777. The van der Waals surface area contributed by atoms with Crippen molar-refractivity contribution in [3.05, 3.63) is 0 Å². The van der Waals surface area contributed by atoms with E-state index in [1.165, 1.54) is 39.0 Å². The largest absolute Gasteiger partial charge is 0.368 e. The van der Waals surface area contributed by atoms with Crippen LogP contribution in [-0.2, 0) is 4.79 Å². The van der Waals surface area contributed by atoms with Gasteiger partial charge in [0.25, 0.3) is 0 Å². The fourth-order valence-corrected chi connectivity index (χ4v) is 3.61. The molecule has 2 rings (SSSR count). The standard InChI is InChI=1S/C16H32N4O/c1-3-8-18-16(2,15(17)21)7-5-9-19-11-12-20-10-4-6-14(20)13-19/h14,18H,3-13H2,1-2H3,(H2,17,21). The molecule has 0 spiro atoms. The first kappa shape index (κ1) is 16.7. The molecule has 122 valence electrons. The Morgan fingerprint density at radius 2 is 2.19 bits per heavy atom. The Bertz CT molecular complexity index is 349. The van der Waals surface area contributed by atoms with Gasteiger partial charge < -0.3 is 16.0 Å². The third-order valence-corrected chi connectivity index (χ3v) is 5.13. The van der Waals surface area contributed by atoms with E-state index in [1.54, 1.807) is 0 Å². The number of nitrogens with zero attached hydrogens (tertiary/aromatic N) is 2. The number of nitrogens with one attached hydrogen (secondary N) is 1. The van der Waals surface area contributed by atoms with Crippen LogP contribution in [0.3, 0.4) is 0 Å². The molecule has 2 fully saturated rings. The summed E-state index contributed by atoms with van der Waals surface area (Å²) >= 11 is 0. The fourth-order valence-electron chi connectivity index (χ4n) is 3.61. The lowest BCUT2D eigenvalue weighted by atomic mass is 9.94. The highest BCUT2D eigenvalue weighted by Gasteiger charge is 2.32. The number of carbonyl (C=O) groups is 1. The van der Waals surface area contributed by atoms with Crippen LogP contribution in [0.25, 0.3) is 0 Å². The minimum atomic E-state index is -0.550. The van der Waals surface area contributed by atoms with Gasteiger partial charge in [-0.3, -0.25) is 9.69 Å². The van der Waals surface area contributed by atoms with Crippen LogP contribution in [0.4, 0.5) is 0 Å². The second-order valence-corrected chi connectivity index (χ2v) is 6.86. The maximum atomic E-state index is 11.7. The maximum Gasteiger partial charge on any atom is 0.237 e. The smallest absolute Gasteiger partial charge is 0.237 e. The van der Waals surface area contributed by atoms with Crippen LogP contribution in [0, 0.1) is 0 Å². The Labute approximate surface area is 129 Å². The number of amides is 1. The maximum absolute atomic E-state index is 11.7. The van der Waals surface area contributed by atoms with Gasteiger partial charge in [-0.25, -0.2) is 0 Å². The van der Waals surface area contributed by atoms with Gasteiger partial charge >= 0.3 is 0 Å². The molecule has 0 aliphatic carbocycles. The van der Waals surface area contributed by atoms with E-state index in [0.717, 1.165) is 38.4 Å². The summed E-state index contributed by atoms with van der Waals surface area (Å²) in [5.41, 5.74) is 5.03. The number of fused-ring (bicyclic) bond motifs is 1. The number of carbonyl (C=O) groups excluding carboxylic acids is 1. The van der Waals surface area contributed by atoms with Gasteiger partial charge in [-0.1, -0.05) is 6.92 Å². The van der Waals surface area contributed by atoms with Gasteiger partial charge in [0.05, 0.1) is 5.54 Å². The van der Waals surface area contributed by atoms with Crippen LogP contribution in [0.15, 0.2) is 0 Å². The summed E-state index contributed by atoms with van der Waals surface area (Å²) in [6.07, 6.45) is 5.59. The van der Waals surface area contributed by atoms with Crippen LogP contribution in [0.5, 0.6) is 0 Å². The summed E-state index contributed by atoms with van der Waals surface area (Å²) in [5, 5.41) is 3.32. The molecule has 21 heavy (non-hydrogen) atoms. The average Bonchev–Trinajstić information content (AvgIpc) is 2.92. The highest BCUT2D eigenvalue weighted by atomic mass is 16.1. The van der Waals surface area contributed by atoms with Crippen LogP contribution >= 0.6 is 0 Å². The third kappa shape index (κ3) is 4.41. The van der Waals surface area contributed by atoms with Crippen molar-refractivity contribution in [2.75, 3.05) is 39.3 Å². The van der Waals surface area contributed by atoms with Gasteiger partial charge in [0, 0.05) is 25.7 Å². The van der Waals surface area contributed by atoms with Crippen LogP contribution in [-0.4, -0.2) is 66.6 Å². The molecular weight excluding hydrogens is 264 g/mol. The molecule has 0 aromatic rings. The van der Waals surface area contributed by atoms with Gasteiger partial charge in [-0.05, 0) is 58.7 Å². The summed E-state index contributed by atoms with van der Waals surface area (Å²) in [4.78, 5) is 16.9. The van der Waals surface area contributed by atoms with Gasteiger partial charge in [0.2, 0.25) is 5.91 Å². The normalized spacial score (nSPS) is 26.5. The van der Waals surface area contributed by atoms with E-state index in [9.17, 15) is 4.79 Å². The number of nitrogens with two attached hydrogens (primary N) is 1. The second-order valence-electron chi connectivity index (χ2n) is 6.86. The van der Waals surface area contributed by atoms with E-state index in [2.05, 4.69) is 22.0 Å². The molecule has 1 amide bonds. The van der Waals surface area contributed by atoms with Crippen molar-refractivity contribution in [3.8, 4) is 0 Å². The molecule has 2 aliphatic heterocycles. The van der Waals surface area contributed by atoms with E-state index < -0.39 is 5.54 Å². The first-order valence-electron chi connectivity index (χ1n) is 8.56. The molecule has 3 N–H and O–H groups in total.